The van der Waals surface area contributed by atoms with Gasteiger partial charge in [-0.15, -0.1) is 11.8 Å². The summed E-state index contributed by atoms with van der Waals surface area (Å²) in [6, 6.07) is 34.2. The maximum atomic E-state index is 13.6. The second-order valence-electron chi connectivity index (χ2n) is 14.1. The molecule has 1 saturated heterocycles. The SMILES string of the molecule is [B]N(C(=O)c1ccc(N2CCN(Cc3ccccc3-c3ccc(Cl)cc3)CC2)cc1)S(=O)(=O)c1ccc(N[C@H](CCNCC(F)(F)F)CSc2ccccc2)c([N+](=O)[O-])c1. The van der Waals surface area contributed by atoms with Gasteiger partial charge in [0.25, 0.3) is 29.6 Å². The Balaban J connectivity index is 1.08. The molecule has 5 aromatic carbocycles. The van der Waals surface area contributed by atoms with Gasteiger partial charge in [0, 0.05) is 71.8 Å². The van der Waals surface area contributed by atoms with Crippen molar-refractivity contribution in [2.75, 3.05) is 55.2 Å². The van der Waals surface area contributed by atoms with Crippen LogP contribution >= 0.6 is 23.4 Å². The molecule has 1 fully saturated rings. The second-order valence-corrected chi connectivity index (χ2v) is 17.4. The highest BCUT2D eigenvalue weighted by Crippen LogP contribution is 2.32. The summed E-state index contributed by atoms with van der Waals surface area (Å²) in [6.07, 6.45) is -4.25. The number of rotatable bonds is 17. The van der Waals surface area contributed by atoms with Crippen molar-refractivity contribution in [3.63, 3.8) is 0 Å². The number of carbonyl (C=O) groups excluding carboxylic acids is 1. The van der Waals surface area contributed by atoms with Crippen LogP contribution in [0, 0.1) is 10.1 Å². The molecular formula is C42H41BClF3N6O5S2. The fourth-order valence-electron chi connectivity index (χ4n) is 6.72. The number of thioether (sulfide) groups is 1. The lowest BCUT2D eigenvalue weighted by Gasteiger charge is -2.36. The Hall–Kier alpha value is -5.07. The Kier molecular flexibility index (Phi) is 14.8. The lowest BCUT2D eigenvalue weighted by atomic mass is 9.99. The van der Waals surface area contributed by atoms with Crippen molar-refractivity contribution in [1.29, 1.82) is 0 Å². The molecule has 2 radical (unpaired) electrons. The maximum Gasteiger partial charge on any atom is 0.401 e. The van der Waals surface area contributed by atoms with Crippen molar-refractivity contribution >= 4 is 64.3 Å². The van der Waals surface area contributed by atoms with Crippen LogP contribution in [0.15, 0.2) is 131 Å². The van der Waals surface area contributed by atoms with Gasteiger partial charge in [0.15, 0.2) is 0 Å². The summed E-state index contributed by atoms with van der Waals surface area (Å²) in [7, 11) is 1.15. The smallest absolute Gasteiger partial charge is 0.376 e. The number of carbonyl (C=O) groups is 1. The highest BCUT2D eigenvalue weighted by Gasteiger charge is 2.30. The fourth-order valence-corrected chi connectivity index (χ4v) is 8.89. The zero-order valence-corrected chi connectivity index (χ0v) is 34.6. The van der Waals surface area contributed by atoms with E-state index >= 15 is 0 Å². The number of nitro benzene ring substituents is 1. The summed E-state index contributed by atoms with van der Waals surface area (Å²) >= 11 is 7.50. The summed E-state index contributed by atoms with van der Waals surface area (Å²) in [5.41, 5.74) is 3.61. The number of benzene rings is 5. The van der Waals surface area contributed by atoms with E-state index in [1.807, 2.05) is 66.7 Å². The largest absolute Gasteiger partial charge is 0.401 e. The minimum atomic E-state index is -4.76. The Morgan fingerprint density at radius 2 is 1.58 bits per heavy atom. The third-order valence-electron chi connectivity index (χ3n) is 9.89. The maximum absolute atomic E-state index is 13.6. The number of hydrogen-bond donors (Lipinski definition) is 2. The lowest BCUT2D eigenvalue weighted by Crippen LogP contribution is -2.46. The van der Waals surface area contributed by atoms with Crippen molar-refractivity contribution in [3.8, 4) is 11.1 Å². The highest BCUT2D eigenvalue weighted by atomic mass is 35.5. The van der Waals surface area contributed by atoms with Gasteiger partial charge in [0.1, 0.15) is 5.69 Å². The number of amides is 1. The normalized spacial score (nSPS) is 14.1. The number of halogens is 4. The third-order valence-corrected chi connectivity index (χ3v) is 12.9. The molecule has 0 saturated carbocycles. The minimum absolute atomic E-state index is 0.00653. The quantitative estimate of drug-likeness (QED) is 0.0310. The summed E-state index contributed by atoms with van der Waals surface area (Å²) in [5, 5.41) is 18.2. The Bertz CT molecular complexity index is 2360. The molecule has 1 aliphatic rings. The van der Waals surface area contributed by atoms with Gasteiger partial charge in [-0.2, -0.15) is 13.2 Å². The zero-order valence-electron chi connectivity index (χ0n) is 32.2. The van der Waals surface area contributed by atoms with Crippen LogP contribution in [0.4, 0.5) is 30.2 Å². The summed E-state index contributed by atoms with van der Waals surface area (Å²) in [6.45, 7) is 2.55. The van der Waals surface area contributed by atoms with E-state index < -0.39 is 50.2 Å². The highest BCUT2D eigenvalue weighted by molar-refractivity contribution is 7.99. The molecular weight excluding hydrogens is 836 g/mol. The van der Waals surface area contributed by atoms with Crippen LogP contribution in [0.25, 0.3) is 11.1 Å². The van der Waals surface area contributed by atoms with E-state index in [-0.39, 0.29) is 28.4 Å². The van der Waals surface area contributed by atoms with Crippen LogP contribution in [0.2, 0.25) is 5.02 Å². The first-order chi connectivity index (χ1) is 28.7. The van der Waals surface area contributed by atoms with Crippen LogP contribution in [-0.2, 0) is 16.6 Å². The van der Waals surface area contributed by atoms with E-state index in [1.165, 1.54) is 35.5 Å². The van der Waals surface area contributed by atoms with E-state index in [2.05, 4.69) is 32.6 Å². The molecule has 2 N–H and O–H groups in total. The van der Waals surface area contributed by atoms with Crippen molar-refractivity contribution < 1.29 is 31.3 Å². The third kappa shape index (κ3) is 11.8. The number of alkyl halides is 3. The predicted octanol–water partition coefficient (Wildman–Crippen LogP) is 8.27. The first-order valence-corrected chi connectivity index (χ1v) is 21.7. The van der Waals surface area contributed by atoms with Gasteiger partial charge in [-0.05, 0) is 90.3 Å². The minimum Gasteiger partial charge on any atom is -0.376 e. The molecule has 0 aliphatic carbocycles. The standard InChI is InChI=1S/C42H41BClF3N6O5S2/c43-52(41(54)31-12-16-35(17-13-31)51-24-22-50(23-25-51)27-32-6-4-5-9-38(32)30-10-14-33(44)15-11-30)60(57,58)37-18-19-39(40(26-37)53(55)56)49-34(20-21-48-29-42(45,46)47)28-59-36-7-2-1-3-8-36/h1-19,26,34,48-49H,20-25,27-29H2/t34-/m1/s1. The first kappa shape index (κ1) is 44.5. The van der Waals surface area contributed by atoms with Crippen LogP contribution in [-0.4, -0.2) is 93.6 Å². The van der Waals surface area contributed by atoms with Gasteiger partial charge in [-0.3, -0.25) is 24.0 Å². The molecule has 1 heterocycles. The molecule has 60 heavy (non-hydrogen) atoms. The molecule has 312 valence electrons. The van der Waals surface area contributed by atoms with Crippen molar-refractivity contribution in [2.24, 2.45) is 0 Å². The lowest BCUT2D eigenvalue weighted by molar-refractivity contribution is -0.384. The van der Waals surface area contributed by atoms with E-state index in [9.17, 15) is 36.5 Å². The van der Waals surface area contributed by atoms with Crippen LogP contribution < -0.4 is 15.5 Å². The number of sulfonamides is 1. The molecule has 0 spiro atoms. The Morgan fingerprint density at radius 3 is 2.25 bits per heavy atom. The van der Waals surface area contributed by atoms with Gasteiger partial charge in [0.2, 0.25) is 0 Å². The molecule has 1 amide bonds. The first-order valence-electron chi connectivity index (χ1n) is 18.9. The number of nitro groups is 1. The van der Waals surface area contributed by atoms with E-state index in [1.54, 1.807) is 12.1 Å². The molecule has 0 unspecified atom stereocenters. The summed E-state index contributed by atoms with van der Waals surface area (Å²) in [5.74, 6) is -0.713. The molecule has 5 aromatic rings. The number of anilines is 2. The average Bonchev–Trinajstić information content (AvgIpc) is 3.24. The molecule has 18 heteroatoms. The Labute approximate surface area is 357 Å². The summed E-state index contributed by atoms with van der Waals surface area (Å²) < 4.78 is 65.4. The molecule has 11 nitrogen and oxygen atoms in total. The van der Waals surface area contributed by atoms with E-state index in [0.29, 0.717) is 10.8 Å². The topological polar surface area (TPSA) is 128 Å². The van der Waals surface area contributed by atoms with Crippen molar-refractivity contribution in [3.05, 3.63) is 148 Å². The van der Waals surface area contributed by atoms with Crippen molar-refractivity contribution in [2.45, 2.75) is 35.0 Å². The van der Waals surface area contributed by atoms with Gasteiger partial charge in [-0.1, -0.05) is 66.2 Å². The van der Waals surface area contributed by atoms with Gasteiger partial charge < -0.3 is 15.5 Å². The number of hydrogen-bond acceptors (Lipinski definition) is 10. The van der Waals surface area contributed by atoms with E-state index in [4.69, 9.17) is 19.6 Å². The predicted molar refractivity (Wildman–Crippen MR) is 231 cm³/mol. The van der Waals surface area contributed by atoms with Gasteiger partial charge in [0.05, 0.1) is 16.4 Å². The summed E-state index contributed by atoms with van der Waals surface area (Å²) in [4.78, 5) is 29.6. The van der Waals surface area contributed by atoms with Crippen LogP contribution in [0.1, 0.15) is 22.3 Å². The molecule has 0 bridgehead atoms. The van der Waals surface area contributed by atoms with Crippen LogP contribution in [0.5, 0.6) is 0 Å². The fraction of sp³-hybridized carbons (Fsp3) is 0.262. The number of piperazine rings is 1. The molecule has 1 aliphatic heterocycles. The van der Waals surface area contributed by atoms with Gasteiger partial charge in [-0.25, -0.2) is 8.42 Å². The van der Waals surface area contributed by atoms with E-state index in [0.717, 1.165) is 66.6 Å². The van der Waals surface area contributed by atoms with Gasteiger partial charge >= 0.3 is 6.18 Å². The molecule has 1 atom stereocenters. The number of nitrogens with one attached hydrogen (secondary N) is 2. The monoisotopic (exact) mass is 876 g/mol. The molecule has 0 aromatic heterocycles. The number of nitrogens with zero attached hydrogens (tertiary/aromatic N) is 4. The second kappa shape index (κ2) is 20.0. The van der Waals surface area contributed by atoms with Crippen LogP contribution in [0.3, 0.4) is 0 Å². The van der Waals surface area contributed by atoms with Crippen molar-refractivity contribution in [1.82, 2.24) is 14.4 Å². The zero-order chi connectivity index (χ0) is 42.9. The Morgan fingerprint density at radius 1 is 0.917 bits per heavy atom. The average molecular weight is 877 g/mol. The molecule has 6 rings (SSSR count).